The first kappa shape index (κ1) is 19.4. The van der Waals surface area contributed by atoms with E-state index in [2.05, 4.69) is 20.6 Å². The maximum absolute atomic E-state index is 11.5. The van der Waals surface area contributed by atoms with E-state index < -0.39 is 9.84 Å². The molecule has 0 spiro atoms. The summed E-state index contributed by atoms with van der Waals surface area (Å²) < 4.78 is 22.9. The van der Waals surface area contributed by atoms with Gasteiger partial charge in [0.05, 0.1) is 16.4 Å². The molecule has 0 saturated heterocycles. The first-order valence-corrected chi connectivity index (χ1v) is 10.8. The Labute approximate surface area is 153 Å². The summed E-state index contributed by atoms with van der Waals surface area (Å²) in [5.41, 5.74) is 1.08. The maximum atomic E-state index is 11.5. The van der Waals surface area contributed by atoms with Gasteiger partial charge in [-0.3, -0.25) is 0 Å². The Bertz CT molecular complexity index is 811. The summed E-state index contributed by atoms with van der Waals surface area (Å²) in [6.45, 7) is 6.11. The highest BCUT2D eigenvalue weighted by Gasteiger charge is 2.06. The monoisotopic (exact) mass is 380 g/mol. The standard InChI is InChI=1S/C17H24N4O2S2/c1-4-18-17(21-12-15-11-20-13(2)24-15)19-10-9-14-5-7-16(8-6-14)25(3,22)23/h5-8,11H,4,9-10,12H2,1-3H3,(H2,18,19,21). The van der Waals surface area contributed by atoms with Gasteiger partial charge in [0.1, 0.15) is 0 Å². The summed E-state index contributed by atoms with van der Waals surface area (Å²) in [5.74, 6) is 0.765. The second-order valence-corrected chi connectivity index (χ2v) is 8.97. The van der Waals surface area contributed by atoms with Crippen LogP contribution in [0, 0.1) is 6.92 Å². The number of nitrogens with one attached hydrogen (secondary N) is 2. The Morgan fingerprint density at radius 1 is 1.24 bits per heavy atom. The number of rotatable bonds is 7. The topological polar surface area (TPSA) is 83.4 Å². The number of nitrogens with zero attached hydrogens (tertiary/aromatic N) is 2. The molecule has 0 atom stereocenters. The van der Waals surface area contributed by atoms with Gasteiger partial charge in [-0.15, -0.1) is 11.3 Å². The molecule has 1 aromatic heterocycles. The highest BCUT2D eigenvalue weighted by atomic mass is 32.2. The molecular formula is C17H24N4O2S2. The minimum absolute atomic E-state index is 0.346. The molecular weight excluding hydrogens is 356 g/mol. The molecule has 0 aliphatic rings. The van der Waals surface area contributed by atoms with Crippen LogP contribution in [0.15, 0.2) is 40.4 Å². The number of aromatic nitrogens is 1. The van der Waals surface area contributed by atoms with E-state index in [1.807, 2.05) is 32.2 Å². The number of sulfone groups is 1. The fraction of sp³-hybridized carbons (Fsp3) is 0.412. The van der Waals surface area contributed by atoms with Crippen LogP contribution in [0.5, 0.6) is 0 Å². The number of aliphatic imine (C=N–C) groups is 1. The number of hydrogen-bond donors (Lipinski definition) is 2. The van der Waals surface area contributed by atoms with Crippen molar-refractivity contribution >= 4 is 27.1 Å². The molecule has 8 heteroatoms. The lowest BCUT2D eigenvalue weighted by Gasteiger charge is -2.11. The first-order valence-electron chi connectivity index (χ1n) is 8.11. The molecule has 2 rings (SSSR count). The van der Waals surface area contributed by atoms with Crippen LogP contribution in [0.3, 0.4) is 0 Å². The SMILES string of the molecule is CCNC(=NCc1cnc(C)s1)NCCc1ccc(S(C)(=O)=O)cc1. The van der Waals surface area contributed by atoms with Crippen LogP contribution in [0.25, 0.3) is 0 Å². The molecule has 0 aliphatic heterocycles. The maximum Gasteiger partial charge on any atom is 0.191 e. The predicted molar refractivity (Wildman–Crippen MR) is 103 cm³/mol. The number of thiazole rings is 1. The van der Waals surface area contributed by atoms with Gasteiger partial charge in [0.2, 0.25) is 0 Å². The summed E-state index contributed by atoms with van der Waals surface area (Å²) >= 11 is 1.65. The molecule has 136 valence electrons. The van der Waals surface area contributed by atoms with E-state index in [0.717, 1.165) is 34.4 Å². The summed E-state index contributed by atoms with van der Waals surface area (Å²) in [6.07, 6.45) is 3.86. The molecule has 0 fully saturated rings. The normalized spacial score (nSPS) is 12.2. The highest BCUT2D eigenvalue weighted by Crippen LogP contribution is 2.12. The van der Waals surface area contributed by atoms with Gasteiger partial charge in [0, 0.05) is 30.4 Å². The van der Waals surface area contributed by atoms with Gasteiger partial charge in [-0.25, -0.2) is 18.4 Å². The molecule has 2 N–H and O–H groups in total. The van der Waals surface area contributed by atoms with Gasteiger partial charge < -0.3 is 10.6 Å². The van der Waals surface area contributed by atoms with Crippen molar-refractivity contribution in [3.05, 3.63) is 45.9 Å². The van der Waals surface area contributed by atoms with Crippen molar-refractivity contribution in [2.75, 3.05) is 19.3 Å². The van der Waals surface area contributed by atoms with E-state index >= 15 is 0 Å². The molecule has 2 aromatic rings. The second kappa shape index (κ2) is 8.96. The van der Waals surface area contributed by atoms with Gasteiger partial charge in [0.25, 0.3) is 0 Å². The number of benzene rings is 1. The lowest BCUT2D eigenvalue weighted by atomic mass is 10.1. The van der Waals surface area contributed by atoms with Crippen LogP contribution in [0.4, 0.5) is 0 Å². The van der Waals surface area contributed by atoms with Gasteiger partial charge >= 0.3 is 0 Å². The summed E-state index contributed by atoms with van der Waals surface area (Å²) in [4.78, 5) is 10.3. The molecule has 0 radical (unpaired) electrons. The lowest BCUT2D eigenvalue weighted by molar-refractivity contribution is 0.602. The van der Waals surface area contributed by atoms with E-state index in [4.69, 9.17) is 0 Å². The van der Waals surface area contributed by atoms with E-state index in [0.29, 0.717) is 18.0 Å². The predicted octanol–water partition coefficient (Wildman–Crippen LogP) is 2.15. The van der Waals surface area contributed by atoms with Crippen molar-refractivity contribution in [1.82, 2.24) is 15.6 Å². The average molecular weight is 381 g/mol. The Hall–Kier alpha value is -1.93. The Balaban J connectivity index is 1.88. The zero-order chi connectivity index (χ0) is 18.3. The molecule has 25 heavy (non-hydrogen) atoms. The van der Waals surface area contributed by atoms with Gasteiger partial charge in [-0.2, -0.15) is 0 Å². The van der Waals surface area contributed by atoms with Crippen LogP contribution in [0.2, 0.25) is 0 Å². The van der Waals surface area contributed by atoms with Crippen molar-refractivity contribution in [2.24, 2.45) is 4.99 Å². The third-order valence-corrected chi connectivity index (χ3v) is 5.49. The minimum atomic E-state index is -3.14. The molecule has 0 amide bonds. The van der Waals surface area contributed by atoms with Crippen molar-refractivity contribution in [1.29, 1.82) is 0 Å². The molecule has 0 unspecified atom stereocenters. The molecule has 0 saturated carbocycles. The molecule has 1 heterocycles. The quantitative estimate of drug-likeness (QED) is 0.568. The van der Waals surface area contributed by atoms with E-state index in [1.54, 1.807) is 23.5 Å². The van der Waals surface area contributed by atoms with Crippen LogP contribution in [-0.2, 0) is 22.8 Å². The van der Waals surface area contributed by atoms with Gasteiger partial charge in [-0.1, -0.05) is 12.1 Å². The zero-order valence-corrected chi connectivity index (χ0v) is 16.4. The van der Waals surface area contributed by atoms with Crippen LogP contribution >= 0.6 is 11.3 Å². The molecule has 6 nitrogen and oxygen atoms in total. The van der Waals surface area contributed by atoms with Crippen LogP contribution in [0.1, 0.15) is 22.4 Å². The number of hydrogen-bond acceptors (Lipinski definition) is 5. The minimum Gasteiger partial charge on any atom is -0.357 e. The third kappa shape index (κ3) is 6.47. The average Bonchev–Trinajstić information content (AvgIpc) is 2.98. The molecule has 0 bridgehead atoms. The Morgan fingerprint density at radius 2 is 1.96 bits per heavy atom. The highest BCUT2D eigenvalue weighted by molar-refractivity contribution is 7.90. The largest absolute Gasteiger partial charge is 0.357 e. The zero-order valence-electron chi connectivity index (χ0n) is 14.7. The van der Waals surface area contributed by atoms with Crippen molar-refractivity contribution < 1.29 is 8.42 Å². The fourth-order valence-electron chi connectivity index (χ4n) is 2.21. The second-order valence-electron chi connectivity index (χ2n) is 5.63. The van der Waals surface area contributed by atoms with Crippen LogP contribution in [-0.4, -0.2) is 38.7 Å². The van der Waals surface area contributed by atoms with Crippen LogP contribution < -0.4 is 10.6 Å². The molecule has 1 aromatic carbocycles. The van der Waals surface area contributed by atoms with E-state index in [9.17, 15) is 8.42 Å². The van der Waals surface area contributed by atoms with Crippen molar-refractivity contribution in [2.45, 2.75) is 31.7 Å². The fourth-order valence-corrected chi connectivity index (χ4v) is 3.56. The number of aryl methyl sites for hydroxylation is 1. The summed E-state index contributed by atoms with van der Waals surface area (Å²) in [7, 11) is -3.14. The number of guanidine groups is 1. The summed E-state index contributed by atoms with van der Waals surface area (Å²) in [5, 5.41) is 7.56. The van der Waals surface area contributed by atoms with E-state index in [1.165, 1.54) is 6.26 Å². The van der Waals surface area contributed by atoms with Crippen molar-refractivity contribution in [3.8, 4) is 0 Å². The van der Waals surface area contributed by atoms with Gasteiger partial charge in [-0.05, 0) is 38.0 Å². The Morgan fingerprint density at radius 3 is 2.52 bits per heavy atom. The van der Waals surface area contributed by atoms with E-state index in [-0.39, 0.29) is 0 Å². The first-order chi connectivity index (χ1) is 11.9. The summed E-state index contributed by atoms with van der Waals surface area (Å²) in [6, 6.07) is 7.00. The lowest BCUT2D eigenvalue weighted by Crippen LogP contribution is -2.38. The Kier molecular flexibility index (Phi) is 6.95. The molecule has 0 aliphatic carbocycles. The van der Waals surface area contributed by atoms with Gasteiger partial charge in [0.15, 0.2) is 15.8 Å². The smallest absolute Gasteiger partial charge is 0.191 e. The third-order valence-electron chi connectivity index (χ3n) is 3.46. The van der Waals surface area contributed by atoms with Crippen molar-refractivity contribution in [3.63, 3.8) is 0 Å².